The summed E-state index contributed by atoms with van der Waals surface area (Å²) in [6.45, 7) is 8.08. The maximum Gasteiger partial charge on any atom is 0.308 e. The highest BCUT2D eigenvalue weighted by molar-refractivity contribution is 14.1. The minimum atomic E-state index is -0.326. The van der Waals surface area contributed by atoms with Crippen molar-refractivity contribution in [2.75, 3.05) is 0 Å². The van der Waals surface area contributed by atoms with E-state index < -0.39 is 0 Å². The number of hydrogen-bond donors (Lipinski definition) is 0. The van der Waals surface area contributed by atoms with E-state index in [2.05, 4.69) is 55.5 Å². The van der Waals surface area contributed by atoms with Gasteiger partial charge in [-0.2, -0.15) is 0 Å². The number of ether oxygens (including phenoxy) is 2. The number of halogens is 1. The van der Waals surface area contributed by atoms with Gasteiger partial charge in [-0.15, -0.1) is 0 Å². The number of hydrogen-bond acceptors (Lipinski definition) is 3. The van der Waals surface area contributed by atoms with Gasteiger partial charge >= 0.3 is 5.97 Å². The molecular formula is C19H21IO3. The molecule has 0 atom stereocenters. The molecule has 2 aromatic carbocycles. The molecule has 0 aliphatic heterocycles. The van der Waals surface area contributed by atoms with Gasteiger partial charge < -0.3 is 9.47 Å². The summed E-state index contributed by atoms with van der Waals surface area (Å²) in [4.78, 5) is 11.3. The van der Waals surface area contributed by atoms with Crippen molar-refractivity contribution in [2.24, 2.45) is 0 Å². The second kappa shape index (κ2) is 7.81. The predicted molar refractivity (Wildman–Crippen MR) is 100 cm³/mol. The second-order valence-electron chi connectivity index (χ2n) is 5.50. The van der Waals surface area contributed by atoms with Crippen molar-refractivity contribution >= 4 is 28.6 Å². The Hall–Kier alpha value is -1.56. The van der Waals surface area contributed by atoms with Gasteiger partial charge in [0, 0.05) is 16.1 Å². The van der Waals surface area contributed by atoms with Crippen molar-refractivity contribution in [1.29, 1.82) is 0 Å². The van der Waals surface area contributed by atoms with E-state index in [1.165, 1.54) is 18.1 Å². The van der Waals surface area contributed by atoms with Gasteiger partial charge in [0.2, 0.25) is 0 Å². The zero-order valence-corrected chi connectivity index (χ0v) is 16.1. The molecule has 3 nitrogen and oxygen atoms in total. The van der Waals surface area contributed by atoms with Crippen LogP contribution in [0.2, 0.25) is 0 Å². The number of benzene rings is 2. The monoisotopic (exact) mass is 424 g/mol. The van der Waals surface area contributed by atoms with E-state index in [0.717, 1.165) is 26.9 Å². The average molecular weight is 424 g/mol. The lowest BCUT2D eigenvalue weighted by Crippen LogP contribution is -2.07. The first kappa shape index (κ1) is 17.8. The van der Waals surface area contributed by atoms with E-state index in [1.807, 2.05) is 12.1 Å². The molecule has 0 heterocycles. The van der Waals surface area contributed by atoms with Gasteiger partial charge in [0.15, 0.2) is 0 Å². The van der Waals surface area contributed by atoms with Gasteiger partial charge in [-0.05, 0) is 77.7 Å². The van der Waals surface area contributed by atoms with Crippen LogP contribution >= 0.6 is 22.6 Å². The van der Waals surface area contributed by atoms with Crippen LogP contribution in [-0.4, -0.2) is 5.97 Å². The zero-order chi connectivity index (χ0) is 17.0. The van der Waals surface area contributed by atoms with Gasteiger partial charge in [0.25, 0.3) is 0 Å². The number of esters is 1. The van der Waals surface area contributed by atoms with E-state index in [-0.39, 0.29) is 5.97 Å². The highest BCUT2D eigenvalue weighted by Gasteiger charge is 2.12. The van der Waals surface area contributed by atoms with Crippen LogP contribution in [0.15, 0.2) is 30.3 Å². The number of carbonyl (C=O) groups excluding carboxylic acids is 1. The lowest BCUT2D eigenvalue weighted by Gasteiger charge is -2.15. The fraction of sp³-hybridized carbons (Fsp3) is 0.316. The van der Waals surface area contributed by atoms with Crippen LogP contribution in [0, 0.1) is 17.4 Å². The molecule has 0 bridgehead atoms. The molecule has 2 rings (SSSR count). The molecule has 0 radical (unpaired) electrons. The minimum Gasteiger partial charge on any atom is -0.488 e. The van der Waals surface area contributed by atoms with E-state index in [0.29, 0.717) is 12.4 Å². The molecule has 0 amide bonds. The molecule has 23 heavy (non-hydrogen) atoms. The fourth-order valence-corrected chi connectivity index (χ4v) is 3.09. The Kier molecular flexibility index (Phi) is 6.04. The van der Waals surface area contributed by atoms with E-state index in [4.69, 9.17) is 9.47 Å². The van der Waals surface area contributed by atoms with Crippen LogP contribution in [0.4, 0.5) is 0 Å². The molecule has 2 aromatic rings. The van der Waals surface area contributed by atoms with E-state index in [1.54, 1.807) is 6.07 Å². The molecule has 4 heteroatoms. The number of aryl methyl sites for hydroxylation is 3. The molecule has 0 unspecified atom stereocenters. The molecule has 0 saturated heterocycles. The Morgan fingerprint density at radius 3 is 2.52 bits per heavy atom. The molecule has 0 aromatic heterocycles. The van der Waals surface area contributed by atoms with Crippen LogP contribution in [0.25, 0.3) is 0 Å². The summed E-state index contributed by atoms with van der Waals surface area (Å²) < 4.78 is 12.3. The summed E-state index contributed by atoms with van der Waals surface area (Å²) in [5.74, 6) is 1.10. The standard InChI is InChI=1S/C19H21IO3/c1-5-15-9-13(3)19(10-12(15)2)22-11-16-17(20)7-6-8-18(16)23-14(4)21/h6-10H,5,11H2,1-4H3. The highest BCUT2D eigenvalue weighted by Crippen LogP contribution is 2.28. The van der Waals surface area contributed by atoms with Gasteiger partial charge in [0.05, 0.1) is 0 Å². The van der Waals surface area contributed by atoms with Crippen LogP contribution in [0.5, 0.6) is 11.5 Å². The average Bonchev–Trinajstić information content (AvgIpc) is 2.49. The largest absolute Gasteiger partial charge is 0.488 e. The minimum absolute atomic E-state index is 0.326. The summed E-state index contributed by atoms with van der Waals surface area (Å²) in [5, 5.41) is 0. The Morgan fingerprint density at radius 1 is 1.13 bits per heavy atom. The normalized spacial score (nSPS) is 10.5. The topological polar surface area (TPSA) is 35.5 Å². The van der Waals surface area contributed by atoms with Crippen molar-refractivity contribution in [1.82, 2.24) is 0 Å². The fourth-order valence-electron chi connectivity index (χ4n) is 2.47. The van der Waals surface area contributed by atoms with Crippen molar-refractivity contribution in [3.05, 3.63) is 56.2 Å². The second-order valence-corrected chi connectivity index (χ2v) is 6.66. The van der Waals surface area contributed by atoms with Crippen molar-refractivity contribution in [3.63, 3.8) is 0 Å². The number of carbonyl (C=O) groups is 1. The van der Waals surface area contributed by atoms with Gasteiger partial charge in [0.1, 0.15) is 18.1 Å². The lowest BCUT2D eigenvalue weighted by molar-refractivity contribution is -0.131. The molecule has 122 valence electrons. The van der Waals surface area contributed by atoms with Gasteiger partial charge in [-0.25, -0.2) is 0 Å². The summed E-state index contributed by atoms with van der Waals surface area (Å²) >= 11 is 2.23. The summed E-state index contributed by atoms with van der Waals surface area (Å²) in [6, 6.07) is 9.89. The Labute approximate surface area is 151 Å². The molecule has 0 spiro atoms. The zero-order valence-electron chi connectivity index (χ0n) is 13.9. The van der Waals surface area contributed by atoms with Crippen LogP contribution < -0.4 is 9.47 Å². The Morgan fingerprint density at radius 2 is 1.87 bits per heavy atom. The molecule has 0 fully saturated rings. The van der Waals surface area contributed by atoms with Crippen molar-refractivity contribution in [3.8, 4) is 11.5 Å². The van der Waals surface area contributed by atoms with Gasteiger partial charge in [-0.1, -0.05) is 19.1 Å². The van der Waals surface area contributed by atoms with Crippen LogP contribution in [-0.2, 0) is 17.8 Å². The predicted octanol–water partition coefficient (Wildman–Crippen LogP) is 4.97. The lowest BCUT2D eigenvalue weighted by atomic mass is 10.0. The summed E-state index contributed by atoms with van der Waals surface area (Å²) in [7, 11) is 0. The van der Waals surface area contributed by atoms with Gasteiger partial charge in [-0.3, -0.25) is 4.79 Å². The van der Waals surface area contributed by atoms with Crippen LogP contribution in [0.1, 0.15) is 36.1 Å². The smallest absolute Gasteiger partial charge is 0.308 e. The Bertz CT molecular complexity index is 723. The number of rotatable bonds is 5. The Balaban J connectivity index is 2.24. The maximum atomic E-state index is 11.3. The molecule has 0 saturated carbocycles. The third-order valence-electron chi connectivity index (χ3n) is 3.72. The highest BCUT2D eigenvalue weighted by atomic mass is 127. The van der Waals surface area contributed by atoms with E-state index >= 15 is 0 Å². The third-order valence-corrected chi connectivity index (χ3v) is 4.73. The quantitative estimate of drug-likeness (QED) is 0.386. The maximum absolute atomic E-state index is 11.3. The molecule has 0 aliphatic rings. The van der Waals surface area contributed by atoms with Crippen molar-refractivity contribution in [2.45, 2.75) is 40.7 Å². The molecular weight excluding hydrogens is 403 g/mol. The van der Waals surface area contributed by atoms with Crippen molar-refractivity contribution < 1.29 is 14.3 Å². The third kappa shape index (κ3) is 4.47. The first-order chi connectivity index (χ1) is 10.9. The first-order valence-corrected chi connectivity index (χ1v) is 8.69. The SMILES string of the molecule is CCc1cc(C)c(OCc2c(I)cccc2OC(C)=O)cc1C. The van der Waals surface area contributed by atoms with Crippen LogP contribution in [0.3, 0.4) is 0 Å². The molecule has 0 N–H and O–H groups in total. The summed E-state index contributed by atoms with van der Waals surface area (Å²) in [5.41, 5.74) is 4.58. The molecule has 0 aliphatic carbocycles. The first-order valence-electron chi connectivity index (χ1n) is 7.61. The summed E-state index contributed by atoms with van der Waals surface area (Å²) in [6.07, 6.45) is 1.01. The van der Waals surface area contributed by atoms with E-state index in [9.17, 15) is 4.79 Å².